The summed E-state index contributed by atoms with van der Waals surface area (Å²) in [5.74, 6) is -0.152. The molecule has 2 amide bonds. The maximum Gasteiger partial charge on any atom is 0.222 e. The van der Waals surface area contributed by atoms with Gasteiger partial charge in [-0.25, -0.2) is 0 Å². The van der Waals surface area contributed by atoms with Gasteiger partial charge in [-0.1, -0.05) is 13.0 Å². The summed E-state index contributed by atoms with van der Waals surface area (Å²) < 4.78 is 0. The van der Waals surface area contributed by atoms with Crippen LogP contribution in [-0.2, 0) is 9.59 Å². The topological polar surface area (TPSA) is 58.2 Å². The lowest BCUT2D eigenvalue weighted by atomic mass is 10.1. The van der Waals surface area contributed by atoms with Gasteiger partial charge in [0.25, 0.3) is 0 Å². The first kappa shape index (κ1) is 14.7. The largest absolute Gasteiger partial charge is 0.354 e. The molecule has 1 aromatic rings. The highest BCUT2D eigenvalue weighted by Gasteiger charge is 2.18. The van der Waals surface area contributed by atoms with E-state index >= 15 is 0 Å². The highest BCUT2D eigenvalue weighted by molar-refractivity contribution is 7.10. The molecular weight excluding hydrogens is 248 g/mol. The fourth-order valence-electron chi connectivity index (χ4n) is 1.58. The standard InChI is InChI=1S/C13H20N2O2S/c1-4-9(2)14-13(17)8-11(15-10(3)16)12-6-5-7-18-12/h5-7,9,11H,4,8H2,1-3H3,(H,14,17)(H,15,16). The predicted octanol–water partition coefficient (Wildman–Crippen LogP) is 2.23. The Balaban J connectivity index is 2.62. The summed E-state index contributed by atoms with van der Waals surface area (Å²) in [4.78, 5) is 24.0. The Bertz CT molecular complexity index is 390. The van der Waals surface area contributed by atoms with Crippen molar-refractivity contribution in [2.45, 2.75) is 45.7 Å². The number of carbonyl (C=O) groups is 2. The molecule has 2 N–H and O–H groups in total. The minimum Gasteiger partial charge on any atom is -0.354 e. The molecule has 0 saturated heterocycles. The number of carbonyl (C=O) groups excluding carboxylic acids is 2. The Morgan fingerprint density at radius 2 is 2.11 bits per heavy atom. The summed E-state index contributed by atoms with van der Waals surface area (Å²) in [6.45, 7) is 5.46. The molecule has 2 unspecified atom stereocenters. The van der Waals surface area contributed by atoms with Gasteiger partial charge in [0.15, 0.2) is 0 Å². The molecule has 18 heavy (non-hydrogen) atoms. The van der Waals surface area contributed by atoms with Crippen molar-refractivity contribution < 1.29 is 9.59 Å². The van der Waals surface area contributed by atoms with Crippen LogP contribution in [-0.4, -0.2) is 17.9 Å². The second-order valence-electron chi connectivity index (χ2n) is 4.35. The quantitative estimate of drug-likeness (QED) is 0.831. The number of hydrogen-bond donors (Lipinski definition) is 2. The number of rotatable bonds is 6. The van der Waals surface area contributed by atoms with Crippen molar-refractivity contribution in [3.63, 3.8) is 0 Å². The Hall–Kier alpha value is -1.36. The third kappa shape index (κ3) is 4.87. The maximum absolute atomic E-state index is 11.8. The molecule has 0 saturated carbocycles. The van der Waals surface area contributed by atoms with Gasteiger partial charge in [-0.05, 0) is 24.8 Å². The Labute approximate surface area is 112 Å². The van der Waals surface area contributed by atoms with Crippen molar-refractivity contribution in [2.24, 2.45) is 0 Å². The minimum absolute atomic E-state index is 0.0310. The summed E-state index contributed by atoms with van der Waals surface area (Å²) in [6.07, 6.45) is 1.18. The highest BCUT2D eigenvalue weighted by Crippen LogP contribution is 2.22. The second-order valence-corrected chi connectivity index (χ2v) is 5.33. The summed E-state index contributed by atoms with van der Waals surface area (Å²) in [7, 11) is 0. The molecule has 0 spiro atoms. The molecule has 1 heterocycles. The Morgan fingerprint density at radius 3 is 2.61 bits per heavy atom. The molecule has 0 radical (unpaired) electrons. The van der Waals surface area contributed by atoms with E-state index in [0.717, 1.165) is 11.3 Å². The van der Waals surface area contributed by atoms with Gasteiger partial charge in [0, 0.05) is 17.8 Å². The SMILES string of the molecule is CCC(C)NC(=O)CC(NC(C)=O)c1cccs1. The summed E-state index contributed by atoms with van der Waals surface area (Å²) in [5.41, 5.74) is 0. The first-order chi connectivity index (χ1) is 8.52. The molecule has 0 fully saturated rings. The molecule has 1 rings (SSSR count). The number of nitrogens with one attached hydrogen (secondary N) is 2. The monoisotopic (exact) mass is 268 g/mol. The van der Waals surface area contributed by atoms with Gasteiger partial charge >= 0.3 is 0 Å². The van der Waals surface area contributed by atoms with Crippen LogP contribution in [0.3, 0.4) is 0 Å². The van der Waals surface area contributed by atoms with E-state index in [4.69, 9.17) is 0 Å². The first-order valence-electron chi connectivity index (χ1n) is 6.12. The van der Waals surface area contributed by atoms with Gasteiger partial charge in [0.1, 0.15) is 0 Å². The minimum atomic E-state index is -0.230. The molecule has 2 atom stereocenters. The summed E-state index contributed by atoms with van der Waals surface area (Å²) in [6, 6.07) is 3.79. The van der Waals surface area contributed by atoms with Gasteiger partial charge in [-0.3, -0.25) is 9.59 Å². The van der Waals surface area contributed by atoms with E-state index in [-0.39, 0.29) is 30.3 Å². The van der Waals surface area contributed by atoms with Crippen molar-refractivity contribution >= 4 is 23.2 Å². The van der Waals surface area contributed by atoms with Crippen molar-refractivity contribution in [1.82, 2.24) is 10.6 Å². The van der Waals surface area contributed by atoms with Crippen molar-refractivity contribution in [3.05, 3.63) is 22.4 Å². The van der Waals surface area contributed by atoms with Crippen LogP contribution in [0.15, 0.2) is 17.5 Å². The summed E-state index contributed by atoms with van der Waals surface area (Å²) in [5, 5.41) is 7.67. The molecule has 5 heteroatoms. The number of amides is 2. The van der Waals surface area contributed by atoms with Crippen LogP contribution in [0.2, 0.25) is 0 Å². The van der Waals surface area contributed by atoms with Gasteiger partial charge in [-0.15, -0.1) is 11.3 Å². The smallest absolute Gasteiger partial charge is 0.222 e. The van der Waals surface area contributed by atoms with E-state index in [0.29, 0.717) is 0 Å². The van der Waals surface area contributed by atoms with Crippen molar-refractivity contribution in [1.29, 1.82) is 0 Å². The van der Waals surface area contributed by atoms with Gasteiger partial charge in [-0.2, -0.15) is 0 Å². The molecule has 1 aromatic heterocycles. The molecule has 0 aliphatic carbocycles. The van der Waals surface area contributed by atoms with Gasteiger partial charge in [0.2, 0.25) is 11.8 Å². The fourth-order valence-corrected chi connectivity index (χ4v) is 2.36. The third-order valence-electron chi connectivity index (χ3n) is 2.67. The lowest BCUT2D eigenvalue weighted by Crippen LogP contribution is -2.36. The van der Waals surface area contributed by atoms with Gasteiger partial charge < -0.3 is 10.6 Å². The first-order valence-corrected chi connectivity index (χ1v) is 7.00. The highest BCUT2D eigenvalue weighted by atomic mass is 32.1. The summed E-state index contributed by atoms with van der Waals surface area (Å²) >= 11 is 1.54. The fraction of sp³-hybridized carbons (Fsp3) is 0.538. The molecule has 100 valence electrons. The van der Waals surface area contributed by atoms with Crippen LogP contribution in [0.1, 0.15) is 44.5 Å². The van der Waals surface area contributed by atoms with Crippen molar-refractivity contribution in [3.8, 4) is 0 Å². The van der Waals surface area contributed by atoms with Crippen LogP contribution in [0.4, 0.5) is 0 Å². The lowest BCUT2D eigenvalue weighted by Gasteiger charge is -2.18. The van der Waals surface area contributed by atoms with Crippen LogP contribution in [0.25, 0.3) is 0 Å². The normalized spacial score (nSPS) is 13.7. The number of hydrogen-bond acceptors (Lipinski definition) is 3. The molecule has 0 aliphatic heterocycles. The molecule has 0 aliphatic rings. The molecular formula is C13H20N2O2S. The second kappa shape index (κ2) is 7.16. The Morgan fingerprint density at radius 1 is 1.39 bits per heavy atom. The third-order valence-corrected chi connectivity index (χ3v) is 3.66. The van der Waals surface area contributed by atoms with E-state index in [1.54, 1.807) is 11.3 Å². The van der Waals surface area contributed by atoms with Crippen LogP contribution in [0.5, 0.6) is 0 Å². The number of thiophene rings is 1. The maximum atomic E-state index is 11.8. The molecule has 4 nitrogen and oxygen atoms in total. The zero-order chi connectivity index (χ0) is 13.5. The van der Waals surface area contributed by atoms with E-state index in [2.05, 4.69) is 10.6 Å². The van der Waals surface area contributed by atoms with Crippen LogP contribution < -0.4 is 10.6 Å². The lowest BCUT2D eigenvalue weighted by molar-refractivity contribution is -0.123. The van der Waals surface area contributed by atoms with Gasteiger partial charge in [0.05, 0.1) is 12.5 Å². The van der Waals surface area contributed by atoms with Crippen LogP contribution in [0, 0.1) is 0 Å². The van der Waals surface area contributed by atoms with E-state index in [9.17, 15) is 9.59 Å². The average Bonchev–Trinajstić information content (AvgIpc) is 2.80. The average molecular weight is 268 g/mol. The zero-order valence-electron chi connectivity index (χ0n) is 11.0. The molecule has 0 aromatic carbocycles. The van der Waals surface area contributed by atoms with E-state index in [1.807, 2.05) is 31.4 Å². The van der Waals surface area contributed by atoms with Crippen LogP contribution >= 0.6 is 11.3 Å². The zero-order valence-corrected chi connectivity index (χ0v) is 11.8. The molecule has 0 bridgehead atoms. The van der Waals surface area contributed by atoms with E-state index < -0.39 is 0 Å². The predicted molar refractivity (Wildman–Crippen MR) is 73.4 cm³/mol. The van der Waals surface area contributed by atoms with E-state index in [1.165, 1.54) is 6.92 Å². The van der Waals surface area contributed by atoms with Crippen molar-refractivity contribution in [2.75, 3.05) is 0 Å². The Kier molecular flexibility index (Phi) is 5.85.